The molecule has 0 bridgehead atoms. The van der Waals surface area contributed by atoms with Crippen molar-refractivity contribution in [2.75, 3.05) is 20.8 Å². The van der Waals surface area contributed by atoms with Crippen LogP contribution in [0.25, 0.3) is 11.0 Å². The Bertz CT molecular complexity index is 1060. The lowest BCUT2D eigenvalue weighted by molar-refractivity contribution is 0.299. The SMILES string of the molecule is COc1cc2ccc(=O)oc2c(OC)c1OCC=C(C)CCC=C(C)CCC1OC1(C)C. The number of allylic oxidation sites excluding steroid dienone is 3. The average molecular weight is 443 g/mol. The first kappa shape index (κ1) is 23.9. The van der Waals surface area contributed by atoms with Crippen LogP contribution in [-0.4, -0.2) is 32.5 Å². The van der Waals surface area contributed by atoms with Crippen LogP contribution in [0.15, 0.2) is 50.7 Å². The second kappa shape index (κ2) is 10.3. The molecular weight excluding hydrogens is 408 g/mol. The first-order valence-corrected chi connectivity index (χ1v) is 11.1. The number of methoxy groups -OCH3 is 2. The summed E-state index contributed by atoms with van der Waals surface area (Å²) < 4.78 is 27.9. The quantitative estimate of drug-likeness (QED) is 0.248. The minimum atomic E-state index is -0.445. The van der Waals surface area contributed by atoms with Gasteiger partial charge in [0.15, 0.2) is 11.3 Å². The molecule has 0 saturated carbocycles. The van der Waals surface area contributed by atoms with Gasteiger partial charge in [0.25, 0.3) is 0 Å². The van der Waals surface area contributed by atoms with Gasteiger partial charge in [-0.1, -0.05) is 17.2 Å². The third-order valence-electron chi connectivity index (χ3n) is 5.87. The summed E-state index contributed by atoms with van der Waals surface area (Å²) in [7, 11) is 3.08. The molecule has 1 aromatic carbocycles. The van der Waals surface area contributed by atoms with Crippen molar-refractivity contribution in [3.8, 4) is 17.2 Å². The standard InChI is InChI=1S/C26H34O6/c1-17(10-12-21-26(3,4)32-21)8-7-9-18(2)14-15-30-24-20(28-5)16-19-11-13-22(27)31-23(19)25(24)29-6/h8,11,13-14,16,21H,7,9-10,12,15H2,1-6H3. The Labute approximate surface area is 189 Å². The predicted molar refractivity (Wildman–Crippen MR) is 126 cm³/mol. The van der Waals surface area contributed by atoms with E-state index in [1.54, 1.807) is 19.2 Å². The van der Waals surface area contributed by atoms with E-state index < -0.39 is 5.63 Å². The Hall–Kier alpha value is -2.73. The lowest BCUT2D eigenvalue weighted by atomic mass is 10.0. The third-order valence-corrected chi connectivity index (χ3v) is 5.87. The topological polar surface area (TPSA) is 70.4 Å². The van der Waals surface area contributed by atoms with Gasteiger partial charge in [0, 0.05) is 11.5 Å². The van der Waals surface area contributed by atoms with Gasteiger partial charge in [0.1, 0.15) is 6.61 Å². The molecule has 2 heterocycles. The van der Waals surface area contributed by atoms with Crippen LogP contribution >= 0.6 is 0 Å². The van der Waals surface area contributed by atoms with Gasteiger partial charge in [0.2, 0.25) is 11.5 Å². The zero-order chi connectivity index (χ0) is 23.3. The molecule has 1 unspecified atom stereocenters. The molecular formula is C26H34O6. The summed E-state index contributed by atoms with van der Waals surface area (Å²) in [4.78, 5) is 11.7. The summed E-state index contributed by atoms with van der Waals surface area (Å²) in [6.45, 7) is 8.94. The van der Waals surface area contributed by atoms with Crippen LogP contribution in [0, 0.1) is 0 Å². The van der Waals surface area contributed by atoms with Crippen LogP contribution in [0.4, 0.5) is 0 Å². The maximum absolute atomic E-state index is 11.7. The summed E-state index contributed by atoms with van der Waals surface area (Å²) in [6.07, 6.45) is 8.90. The Morgan fingerprint density at radius 1 is 1.06 bits per heavy atom. The molecule has 0 N–H and O–H groups in total. The maximum atomic E-state index is 11.7. The summed E-state index contributed by atoms with van der Waals surface area (Å²) in [5, 5.41) is 0.705. The van der Waals surface area contributed by atoms with Gasteiger partial charge in [0.05, 0.1) is 25.9 Å². The maximum Gasteiger partial charge on any atom is 0.336 e. The van der Waals surface area contributed by atoms with Crippen molar-refractivity contribution in [3.05, 3.63) is 51.9 Å². The fourth-order valence-electron chi connectivity index (χ4n) is 3.73. The number of hydrogen-bond donors (Lipinski definition) is 0. The van der Waals surface area contributed by atoms with Crippen molar-refractivity contribution >= 4 is 11.0 Å². The van der Waals surface area contributed by atoms with E-state index in [0.717, 1.165) is 25.7 Å². The Morgan fingerprint density at radius 3 is 2.44 bits per heavy atom. The molecule has 6 heteroatoms. The molecule has 1 atom stereocenters. The molecule has 3 rings (SSSR count). The molecule has 32 heavy (non-hydrogen) atoms. The highest BCUT2D eigenvalue weighted by Gasteiger charge is 2.46. The second-order valence-corrected chi connectivity index (χ2v) is 8.81. The van der Waals surface area contributed by atoms with E-state index in [-0.39, 0.29) is 5.60 Å². The van der Waals surface area contributed by atoms with Crippen molar-refractivity contribution in [1.29, 1.82) is 0 Å². The zero-order valence-corrected chi connectivity index (χ0v) is 19.9. The van der Waals surface area contributed by atoms with Gasteiger partial charge in [-0.3, -0.25) is 0 Å². The van der Waals surface area contributed by atoms with E-state index in [1.807, 2.05) is 6.08 Å². The Morgan fingerprint density at radius 2 is 1.78 bits per heavy atom. The summed E-state index contributed by atoms with van der Waals surface area (Å²) >= 11 is 0. The Balaban J connectivity index is 1.57. The van der Waals surface area contributed by atoms with E-state index >= 15 is 0 Å². The summed E-state index contributed by atoms with van der Waals surface area (Å²) in [5.41, 5.74) is 2.62. The number of benzene rings is 1. The minimum Gasteiger partial charge on any atom is -0.493 e. The highest BCUT2D eigenvalue weighted by Crippen LogP contribution is 2.43. The largest absolute Gasteiger partial charge is 0.493 e. The molecule has 1 aliphatic rings. The first-order chi connectivity index (χ1) is 15.2. The van der Waals surface area contributed by atoms with Crippen molar-refractivity contribution in [3.63, 3.8) is 0 Å². The predicted octanol–water partition coefficient (Wildman–Crippen LogP) is 5.82. The van der Waals surface area contributed by atoms with E-state index in [9.17, 15) is 4.79 Å². The van der Waals surface area contributed by atoms with Crippen LogP contribution in [0.5, 0.6) is 17.2 Å². The van der Waals surface area contributed by atoms with Crippen molar-refractivity contribution in [2.45, 2.75) is 65.1 Å². The monoisotopic (exact) mass is 442 g/mol. The molecule has 0 radical (unpaired) electrons. The number of hydrogen-bond acceptors (Lipinski definition) is 6. The highest BCUT2D eigenvalue weighted by atomic mass is 16.6. The number of ether oxygens (including phenoxy) is 4. The molecule has 1 aromatic heterocycles. The van der Waals surface area contributed by atoms with E-state index in [0.29, 0.717) is 40.9 Å². The van der Waals surface area contributed by atoms with Gasteiger partial charge in [-0.15, -0.1) is 0 Å². The van der Waals surface area contributed by atoms with E-state index in [1.165, 1.54) is 24.3 Å². The summed E-state index contributed by atoms with van der Waals surface area (Å²) in [6, 6.07) is 4.81. The van der Waals surface area contributed by atoms with Crippen LogP contribution in [-0.2, 0) is 4.74 Å². The van der Waals surface area contributed by atoms with Gasteiger partial charge in [-0.05, 0) is 71.6 Å². The molecule has 1 aliphatic heterocycles. The molecule has 0 amide bonds. The fourth-order valence-corrected chi connectivity index (χ4v) is 3.73. The number of epoxide rings is 1. The van der Waals surface area contributed by atoms with Crippen molar-refractivity contribution < 1.29 is 23.4 Å². The van der Waals surface area contributed by atoms with Crippen LogP contribution in [0.1, 0.15) is 53.4 Å². The zero-order valence-electron chi connectivity index (χ0n) is 19.9. The normalized spacial score (nSPS) is 18.0. The molecule has 0 aliphatic carbocycles. The van der Waals surface area contributed by atoms with Crippen LogP contribution < -0.4 is 19.8 Å². The molecule has 0 spiro atoms. The second-order valence-electron chi connectivity index (χ2n) is 8.81. The Kier molecular flexibility index (Phi) is 7.67. The number of rotatable bonds is 11. The fraction of sp³-hybridized carbons (Fsp3) is 0.500. The highest BCUT2D eigenvalue weighted by molar-refractivity contribution is 5.88. The first-order valence-electron chi connectivity index (χ1n) is 11.1. The van der Waals surface area contributed by atoms with Crippen molar-refractivity contribution in [1.82, 2.24) is 0 Å². The lowest BCUT2D eigenvalue weighted by Crippen LogP contribution is -2.03. The van der Waals surface area contributed by atoms with Gasteiger partial charge >= 0.3 is 5.63 Å². The van der Waals surface area contributed by atoms with Crippen LogP contribution in [0.2, 0.25) is 0 Å². The average Bonchev–Trinajstić information content (AvgIpc) is 3.38. The van der Waals surface area contributed by atoms with Gasteiger partial charge in [-0.25, -0.2) is 4.79 Å². The van der Waals surface area contributed by atoms with Gasteiger partial charge < -0.3 is 23.4 Å². The lowest BCUT2D eigenvalue weighted by Gasteiger charge is -2.15. The van der Waals surface area contributed by atoms with E-state index in [2.05, 4.69) is 33.8 Å². The summed E-state index contributed by atoms with van der Waals surface area (Å²) in [5.74, 6) is 1.29. The minimum absolute atomic E-state index is 0.0708. The smallest absolute Gasteiger partial charge is 0.336 e. The van der Waals surface area contributed by atoms with Crippen LogP contribution in [0.3, 0.4) is 0 Å². The molecule has 1 saturated heterocycles. The van der Waals surface area contributed by atoms with E-state index in [4.69, 9.17) is 23.4 Å². The van der Waals surface area contributed by atoms with Crippen molar-refractivity contribution in [2.24, 2.45) is 0 Å². The molecule has 174 valence electrons. The third kappa shape index (κ3) is 5.94. The molecule has 1 fully saturated rings. The molecule has 2 aromatic rings. The molecule has 6 nitrogen and oxygen atoms in total. The number of fused-ring (bicyclic) bond motifs is 1. The van der Waals surface area contributed by atoms with Gasteiger partial charge in [-0.2, -0.15) is 0 Å².